The highest BCUT2D eigenvalue weighted by Crippen LogP contribution is 2.22. The van der Waals surface area contributed by atoms with Crippen LogP contribution in [0.4, 0.5) is 0 Å². The van der Waals surface area contributed by atoms with Gasteiger partial charge in [-0.1, -0.05) is 0 Å². The van der Waals surface area contributed by atoms with Gasteiger partial charge >= 0.3 is 5.97 Å². The number of esters is 1. The second-order valence-corrected chi connectivity index (χ2v) is 6.31. The molecule has 0 saturated carbocycles. The molecular formula is C15H19BrN2O3. The molecule has 0 N–H and O–H groups in total. The third kappa shape index (κ3) is 4.03. The zero-order chi connectivity index (χ0) is 15.4. The van der Waals surface area contributed by atoms with Gasteiger partial charge in [-0.15, -0.1) is 0 Å². The van der Waals surface area contributed by atoms with Crippen LogP contribution in [-0.4, -0.2) is 40.5 Å². The van der Waals surface area contributed by atoms with Gasteiger partial charge < -0.3 is 9.64 Å². The van der Waals surface area contributed by atoms with Crippen molar-refractivity contribution in [3.8, 4) is 0 Å². The van der Waals surface area contributed by atoms with E-state index in [0.29, 0.717) is 10.0 Å². The molecule has 114 valence electrons. The predicted octanol–water partition coefficient (Wildman–Crippen LogP) is 2.79. The van der Waals surface area contributed by atoms with E-state index < -0.39 is 5.97 Å². The first-order valence-corrected chi connectivity index (χ1v) is 7.87. The van der Waals surface area contributed by atoms with Crippen molar-refractivity contribution in [2.24, 2.45) is 0 Å². The van der Waals surface area contributed by atoms with E-state index in [4.69, 9.17) is 4.74 Å². The molecule has 0 radical (unpaired) electrons. The first kappa shape index (κ1) is 15.9. The summed E-state index contributed by atoms with van der Waals surface area (Å²) in [6, 6.07) is 2.02. The van der Waals surface area contributed by atoms with Crippen molar-refractivity contribution in [3.05, 3.63) is 28.5 Å². The van der Waals surface area contributed by atoms with Gasteiger partial charge in [-0.25, -0.2) is 4.79 Å². The highest BCUT2D eigenvalue weighted by Gasteiger charge is 2.29. The Kier molecular flexibility index (Phi) is 5.33. The average molecular weight is 355 g/mol. The summed E-state index contributed by atoms with van der Waals surface area (Å²) < 4.78 is 5.80. The van der Waals surface area contributed by atoms with Gasteiger partial charge in [0.25, 0.3) is 5.91 Å². The van der Waals surface area contributed by atoms with Crippen LogP contribution < -0.4 is 0 Å². The van der Waals surface area contributed by atoms with Crippen molar-refractivity contribution in [1.29, 1.82) is 0 Å². The number of piperidine rings is 1. The summed E-state index contributed by atoms with van der Waals surface area (Å²) in [5, 5.41) is 0. The van der Waals surface area contributed by atoms with Crippen LogP contribution in [0.5, 0.6) is 0 Å². The largest absolute Gasteiger partial charge is 0.452 e. The molecule has 0 unspecified atom stereocenters. The van der Waals surface area contributed by atoms with E-state index in [0.717, 1.165) is 19.3 Å². The van der Waals surface area contributed by atoms with Gasteiger partial charge in [0.2, 0.25) is 0 Å². The van der Waals surface area contributed by atoms with Gasteiger partial charge in [0.1, 0.15) is 0 Å². The summed E-state index contributed by atoms with van der Waals surface area (Å²) >= 11 is 3.24. The Morgan fingerprint density at radius 1 is 1.33 bits per heavy atom. The zero-order valence-electron chi connectivity index (χ0n) is 12.2. The SMILES string of the molecule is C[C@@H]1CCC[C@@H](C)N1C(=O)COC(=O)c1cncc(Br)c1. The molecule has 2 heterocycles. The molecule has 1 aromatic rings. The highest BCUT2D eigenvalue weighted by molar-refractivity contribution is 9.10. The fourth-order valence-electron chi connectivity index (χ4n) is 2.72. The molecule has 1 aromatic heterocycles. The number of pyridine rings is 1. The Balaban J connectivity index is 1.93. The number of hydrogen-bond donors (Lipinski definition) is 0. The number of hydrogen-bond acceptors (Lipinski definition) is 4. The van der Waals surface area contributed by atoms with Crippen LogP contribution in [0.3, 0.4) is 0 Å². The summed E-state index contributed by atoms with van der Waals surface area (Å²) in [7, 11) is 0. The van der Waals surface area contributed by atoms with Crippen molar-refractivity contribution in [1.82, 2.24) is 9.88 Å². The summed E-state index contributed by atoms with van der Waals surface area (Å²) in [6.45, 7) is 3.85. The predicted molar refractivity (Wildman–Crippen MR) is 81.8 cm³/mol. The maximum absolute atomic E-state index is 12.2. The maximum atomic E-state index is 12.2. The van der Waals surface area contributed by atoms with E-state index in [-0.39, 0.29) is 24.6 Å². The lowest BCUT2D eigenvalue weighted by Gasteiger charge is -2.38. The smallest absolute Gasteiger partial charge is 0.340 e. The molecule has 0 aromatic carbocycles. The summed E-state index contributed by atoms with van der Waals surface area (Å²) in [4.78, 5) is 29.9. The fourth-order valence-corrected chi connectivity index (χ4v) is 3.09. The van der Waals surface area contributed by atoms with Crippen LogP contribution in [-0.2, 0) is 9.53 Å². The molecule has 2 atom stereocenters. The van der Waals surface area contributed by atoms with Crippen molar-refractivity contribution >= 4 is 27.8 Å². The molecule has 1 aliphatic heterocycles. The van der Waals surface area contributed by atoms with Gasteiger partial charge in [-0.3, -0.25) is 9.78 Å². The van der Waals surface area contributed by atoms with Crippen molar-refractivity contribution in [3.63, 3.8) is 0 Å². The minimum absolute atomic E-state index is 0.133. The maximum Gasteiger partial charge on any atom is 0.340 e. The number of halogens is 1. The number of aromatic nitrogens is 1. The quantitative estimate of drug-likeness (QED) is 0.783. The molecule has 1 amide bonds. The van der Waals surface area contributed by atoms with E-state index in [9.17, 15) is 9.59 Å². The number of likely N-dealkylation sites (tertiary alicyclic amines) is 1. The Labute approximate surface area is 132 Å². The first-order chi connectivity index (χ1) is 9.99. The van der Waals surface area contributed by atoms with Crippen molar-refractivity contribution in [2.75, 3.05) is 6.61 Å². The molecule has 21 heavy (non-hydrogen) atoms. The Hall–Kier alpha value is -1.43. The van der Waals surface area contributed by atoms with E-state index in [1.807, 2.05) is 18.7 Å². The molecule has 2 rings (SSSR count). The van der Waals surface area contributed by atoms with E-state index in [1.54, 1.807) is 12.3 Å². The van der Waals surface area contributed by atoms with Crippen LogP contribution >= 0.6 is 15.9 Å². The second kappa shape index (κ2) is 7.02. The molecule has 0 aliphatic carbocycles. The van der Waals surface area contributed by atoms with Crippen molar-refractivity contribution in [2.45, 2.75) is 45.2 Å². The van der Waals surface area contributed by atoms with Gasteiger partial charge in [0.15, 0.2) is 6.61 Å². The Morgan fingerprint density at radius 3 is 2.62 bits per heavy atom. The topological polar surface area (TPSA) is 59.5 Å². The third-order valence-electron chi connectivity index (χ3n) is 3.75. The summed E-state index contributed by atoms with van der Waals surface area (Å²) in [6.07, 6.45) is 6.14. The Morgan fingerprint density at radius 2 is 2.00 bits per heavy atom. The van der Waals surface area contributed by atoms with Crippen LogP contribution in [0.25, 0.3) is 0 Å². The number of rotatable bonds is 3. The van der Waals surface area contributed by atoms with Crippen LogP contribution in [0.1, 0.15) is 43.5 Å². The second-order valence-electron chi connectivity index (χ2n) is 5.40. The number of amides is 1. The van der Waals surface area contributed by atoms with Gasteiger partial charge in [-0.2, -0.15) is 0 Å². The third-order valence-corrected chi connectivity index (χ3v) is 4.18. The van der Waals surface area contributed by atoms with E-state index in [1.165, 1.54) is 6.20 Å². The molecule has 5 nitrogen and oxygen atoms in total. The molecular weight excluding hydrogens is 336 g/mol. The Bertz CT molecular complexity index is 525. The van der Waals surface area contributed by atoms with E-state index in [2.05, 4.69) is 20.9 Å². The van der Waals surface area contributed by atoms with Crippen LogP contribution in [0, 0.1) is 0 Å². The molecule has 0 bridgehead atoms. The monoisotopic (exact) mass is 354 g/mol. The lowest BCUT2D eigenvalue weighted by Crippen LogP contribution is -2.49. The highest BCUT2D eigenvalue weighted by atomic mass is 79.9. The lowest BCUT2D eigenvalue weighted by atomic mass is 9.97. The fraction of sp³-hybridized carbons (Fsp3) is 0.533. The van der Waals surface area contributed by atoms with Gasteiger partial charge in [0, 0.05) is 29.0 Å². The normalized spacial score (nSPS) is 22.0. The van der Waals surface area contributed by atoms with Crippen LogP contribution in [0.2, 0.25) is 0 Å². The average Bonchev–Trinajstić information content (AvgIpc) is 2.44. The van der Waals surface area contributed by atoms with Crippen molar-refractivity contribution < 1.29 is 14.3 Å². The standard InChI is InChI=1S/C15H19BrN2O3/c1-10-4-3-5-11(2)18(10)14(19)9-21-15(20)12-6-13(16)8-17-7-12/h6-8,10-11H,3-5,9H2,1-2H3/t10-,11-/m1/s1. The molecule has 6 heteroatoms. The zero-order valence-corrected chi connectivity index (χ0v) is 13.8. The number of carbonyl (C=O) groups is 2. The van der Waals surface area contributed by atoms with E-state index >= 15 is 0 Å². The summed E-state index contributed by atoms with van der Waals surface area (Å²) in [5.74, 6) is -0.666. The molecule has 0 spiro atoms. The summed E-state index contributed by atoms with van der Waals surface area (Å²) in [5.41, 5.74) is 0.330. The number of carbonyl (C=O) groups excluding carboxylic acids is 2. The van der Waals surface area contributed by atoms with Crippen LogP contribution in [0.15, 0.2) is 22.9 Å². The molecule has 1 fully saturated rings. The minimum atomic E-state index is -0.533. The number of nitrogens with zero attached hydrogens (tertiary/aromatic N) is 2. The minimum Gasteiger partial charge on any atom is -0.452 e. The first-order valence-electron chi connectivity index (χ1n) is 7.08. The lowest BCUT2D eigenvalue weighted by molar-refractivity contribution is -0.140. The van der Waals surface area contributed by atoms with Gasteiger partial charge in [-0.05, 0) is 55.1 Å². The number of ether oxygens (including phenoxy) is 1. The molecule has 1 saturated heterocycles. The molecule has 1 aliphatic rings. The van der Waals surface area contributed by atoms with Gasteiger partial charge in [0.05, 0.1) is 5.56 Å².